The third-order valence-corrected chi connectivity index (χ3v) is 3.75. The van der Waals surface area contributed by atoms with Gasteiger partial charge in [-0.3, -0.25) is 14.3 Å². The number of primary amides is 1. The first-order valence-corrected chi connectivity index (χ1v) is 7.44. The molecule has 1 atom stereocenters. The van der Waals surface area contributed by atoms with E-state index in [1.165, 1.54) is 10.8 Å². The number of hydrogen-bond donors (Lipinski definition) is 1. The number of fused-ring (bicyclic) bond motifs is 1. The summed E-state index contributed by atoms with van der Waals surface area (Å²) in [6, 6.07) is 8.34. The lowest BCUT2D eigenvalue weighted by Gasteiger charge is -2.18. The van der Waals surface area contributed by atoms with Crippen molar-refractivity contribution in [2.75, 3.05) is 0 Å². The van der Waals surface area contributed by atoms with Gasteiger partial charge in [0.1, 0.15) is 0 Å². The molecule has 24 heavy (non-hydrogen) atoms. The number of carbonyl (C=O) groups is 1. The van der Waals surface area contributed by atoms with E-state index in [-0.39, 0.29) is 21.8 Å². The monoisotopic (exact) mass is 344 g/mol. The topological polar surface area (TPSA) is 100 Å². The van der Waals surface area contributed by atoms with Gasteiger partial charge < -0.3 is 10.5 Å². The van der Waals surface area contributed by atoms with Crippen molar-refractivity contribution in [2.45, 2.75) is 13.0 Å². The number of amides is 1. The van der Waals surface area contributed by atoms with Gasteiger partial charge in [0.05, 0.1) is 27.8 Å². The predicted molar refractivity (Wildman–Crippen MR) is 89.2 cm³/mol. The Bertz CT molecular complexity index is 972. The van der Waals surface area contributed by atoms with E-state index in [0.29, 0.717) is 11.2 Å². The van der Waals surface area contributed by atoms with Crippen LogP contribution in [0.25, 0.3) is 16.6 Å². The lowest BCUT2D eigenvalue weighted by Crippen LogP contribution is -2.27. The predicted octanol–water partition coefficient (Wildman–Crippen LogP) is 2.59. The molecule has 2 aromatic heterocycles. The Morgan fingerprint density at radius 2 is 2.12 bits per heavy atom. The molecule has 8 heteroatoms. The van der Waals surface area contributed by atoms with Gasteiger partial charge in [-0.25, -0.2) is 9.78 Å². The van der Waals surface area contributed by atoms with Crippen LogP contribution in [-0.2, 0) is 4.74 Å². The lowest BCUT2D eigenvalue weighted by molar-refractivity contribution is 0.110. The fraction of sp³-hybridized carbons (Fsp3) is 0.125. The molecule has 0 bridgehead atoms. The number of benzene rings is 1. The molecule has 0 aliphatic rings. The molecule has 1 aromatic carbocycles. The molecule has 3 aromatic rings. The van der Waals surface area contributed by atoms with Crippen LogP contribution in [0.3, 0.4) is 0 Å². The summed E-state index contributed by atoms with van der Waals surface area (Å²) in [5.74, 6) is 0.224. The van der Waals surface area contributed by atoms with Crippen LogP contribution in [0.15, 0.2) is 47.5 Å². The highest BCUT2D eigenvalue weighted by molar-refractivity contribution is 6.35. The quantitative estimate of drug-likeness (QED) is 0.787. The normalized spacial score (nSPS) is 12.1. The van der Waals surface area contributed by atoms with Crippen LogP contribution in [0.2, 0.25) is 5.02 Å². The first kappa shape index (κ1) is 15.9. The molecular weight excluding hydrogens is 332 g/mol. The van der Waals surface area contributed by atoms with Gasteiger partial charge in [-0.15, -0.1) is 0 Å². The number of ether oxygens (including phenoxy) is 1. The number of rotatable bonds is 3. The molecule has 0 saturated heterocycles. The van der Waals surface area contributed by atoms with Gasteiger partial charge in [0.15, 0.2) is 11.9 Å². The summed E-state index contributed by atoms with van der Waals surface area (Å²) in [4.78, 5) is 32.5. The molecular formula is C16H13ClN4O3. The van der Waals surface area contributed by atoms with Gasteiger partial charge in [-0.05, 0) is 31.2 Å². The maximum atomic E-state index is 13.0. The van der Waals surface area contributed by atoms with Gasteiger partial charge in [0, 0.05) is 6.20 Å². The zero-order chi connectivity index (χ0) is 17.3. The zero-order valence-corrected chi connectivity index (χ0v) is 13.4. The minimum atomic E-state index is -0.958. The Balaban J connectivity index is 2.37. The first-order chi connectivity index (χ1) is 11.5. The third-order valence-electron chi connectivity index (χ3n) is 3.43. The number of carbonyl (C=O) groups excluding carboxylic acids is 1. The fourth-order valence-electron chi connectivity index (χ4n) is 2.44. The van der Waals surface area contributed by atoms with Crippen molar-refractivity contribution in [3.8, 4) is 5.69 Å². The van der Waals surface area contributed by atoms with Crippen LogP contribution in [0.4, 0.5) is 4.79 Å². The lowest BCUT2D eigenvalue weighted by atomic mass is 10.2. The summed E-state index contributed by atoms with van der Waals surface area (Å²) in [5, 5.41) is 0.565. The van der Waals surface area contributed by atoms with E-state index in [1.54, 1.807) is 43.5 Å². The Morgan fingerprint density at radius 3 is 2.79 bits per heavy atom. The number of hydrogen-bond acceptors (Lipinski definition) is 5. The van der Waals surface area contributed by atoms with Crippen molar-refractivity contribution in [3.05, 3.63) is 63.9 Å². The molecule has 3 rings (SSSR count). The summed E-state index contributed by atoms with van der Waals surface area (Å²) >= 11 is 6.16. The van der Waals surface area contributed by atoms with Crippen LogP contribution in [0, 0.1) is 0 Å². The molecule has 0 spiro atoms. The number of nitrogens with two attached hydrogens (primary N) is 1. The maximum Gasteiger partial charge on any atom is 0.405 e. The van der Waals surface area contributed by atoms with Crippen molar-refractivity contribution in [1.29, 1.82) is 0 Å². The average Bonchev–Trinajstić information content (AvgIpc) is 2.54. The smallest absolute Gasteiger partial charge is 0.405 e. The Morgan fingerprint density at radius 1 is 1.33 bits per heavy atom. The minimum absolute atomic E-state index is 0.224. The van der Waals surface area contributed by atoms with Gasteiger partial charge in [0.25, 0.3) is 5.56 Å². The van der Waals surface area contributed by atoms with Crippen molar-refractivity contribution in [1.82, 2.24) is 14.5 Å². The Labute approximate surface area is 141 Å². The van der Waals surface area contributed by atoms with Crippen LogP contribution >= 0.6 is 11.6 Å². The second kappa shape index (κ2) is 6.29. The van der Waals surface area contributed by atoms with E-state index in [4.69, 9.17) is 22.1 Å². The standard InChI is InChI=1S/C16H13ClN4O3/c1-9(24-16(18)23)14-20-12-6-2-5-11(17)13(12)15(22)21(14)10-4-3-7-19-8-10/h2-9H,1H3,(H2,18,23)/t9-/m0/s1. The number of nitrogens with zero attached hydrogens (tertiary/aromatic N) is 3. The van der Waals surface area contributed by atoms with Gasteiger partial charge >= 0.3 is 6.09 Å². The minimum Gasteiger partial charge on any atom is -0.439 e. The van der Waals surface area contributed by atoms with Gasteiger partial charge in [-0.2, -0.15) is 0 Å². The highest BCUT2D eigenvalue weighted by Crippen LogP contribution is 2.23. The molecule has 0 unspecified atom stereocenters. The van der Waals surface area contributed by atoms with E-state index >= 15 is 0 Å². The van der Waals surface area contributed by atoms with Gasteiger partial charge in [0.2, 0.25) is 0 Å². The zero-order valence-electron chi connectivity index (χ0n) is 12.6. The second-order valence-electron chi connectivity index (χ2n) is 5.03. The molecule has 0 aliphatic heterocycles. The highest BCUT2D eigenvalue weighted by atomic mass is 35.5. The number of pyridine rings is 1. The maximum absolute atomic E-state index is 13.0. The van der Waals surface area contributed by atoms with Gasteiger partial charge in [-0.1, -0.05) is 17.7 Å². The molecule has 0 saturated carbocycles. The van der Waals surface area contributed by atoms with Crippen molar-refractivity contribution >= 4 is 28.6 Å². The fourth-order valence-corrected chi connectivity index (χ4v) is 2.69. The molecule has 0 radical (unpaired) electrons. The molecule has 1 amide bonds. The van der Waals surface area contributed by atoms with Crippen LogP contribution in [0.1, 0.15) is 18.9 Å². The second-order valence-corrected chi connectivity index (χ2v) is 5.44. The first-order valence-electron chi connectivity index (χ1n) is 7.06. The van der Waals surface area contributed by atoms with E-state index in [9.17, 15) is 9.59 Å². The van der Waals surface area contributed by atoms with Crippen LogP contribution in [-0.4, -0.2) is 20.6 Å². The number of halogens is 1. The molecule has 2 heterocycles. The van der Waals surface area contributed by atoms with Crippen molar-refractivity contribution in [2.24, 2.45) is 5.73 Å². The van der Waals surface area contributed by atoms with E-state index in [1.807, 2.05) is 0 Å². The summed E-state index contributed by atoms with van der Waals surface area (Å²) in [6.45, 7) is 1.58. The molecule has 122 valence electrons. The van der Waals surface area contributed by atoms with Crippen LogP contribution < -0.4 is 11.3 Å². The molecule has 7 nitrogen and oxygen atoms in total. The average molecular weight is 345 g/mol. The molecule has 0 aliphatic carbocycles. The van der Waals surface area contributed by atoms with Crippen molar-refractivity contribution in [3.63, 3.8) is 0 Å². The Hall–Kier alpha value is -2.93. The highest BCUT2D eigenvalue weighted by Gasteiger charge is 2.21. The van der Waals surface area contributed by atoms with Crippen LogP contribution in [0.5, 0.6) is 0 Å². The molecule has 0 fully saturated rings. The largest absolute Gasteiger partial charge is 0.439 e. The van der Waals surface area contributed by atoms with E-state index < -0.39 is 12.2 Å². The third kappa shape index (κ3) is 2.81. The van der Waals surface area contributed by atoms with E-state index in [2.05, 4.69) is 9.97 Å². The van der Waals surface area contributed by atoms with Crippen molar-refractivity contribution < 1.29 is 9.53 Å². The van der Waals surface area contributed by atoms with E-state index in [0.717, 1.165) is 0 Å². The SMILES string of the molecule is C[C@H](OC(N)=O)c1nc2cccc(Cl)c2c(=O)n1-c1cccnc1. The molecule has 2 N–H and O–H groups in total. The Kier molecular flexibility index (Phi) is 4.18. The summed E-state index contributed by atoms with van der Waals surface area (Å²) in [6.07, 6.45) is 1.30. The summed E-state index contributed by atoms with van der Waals surface area (Å²) < 4.78 is 6.31. The number of aromatic nitrogens is 3. The summed E-state index contributed by atoms with van der Waals surface area (Å²) in [7, 11) is 0. The summed E-state index contributed by atoms with van der Waals surface area (Å²) in [5.41, 5.74) is 5.59.